The summed E-state index contributed by atoms with van der Waals surface area (Å²) in [5.41, 5.74) is 1.33. The minimum absolute atomic E-state index is 0.545. The van der Waals surface area contributed by atoms with Crippen LogP contribution in [-0.2, 0) is 17.7 Å². The molecule has 1 saturated heterocycles. The lowest BCUT2D eigenvalue weighted by atomic mass is 10.0. The van der Waals surface area contributed by atoms with Crippen LogP contribution in [0.25, 0.3) is 0 Å². The lowest BCUT2D eigenvalue weighted by Gasteiger charge is -2.19. The molecular formula is C15H24N2OS. The van der Waals surface area contributed by atoms with Gasteiger partial charge in [-0.3, -0.25) is 0 Å². The molecule has 0 spiro atoms. The SMILES string of the molecule is CCCc1nc(C2CCCOC2)sc1CNC1CC1. The summed E-state index contributed by atoms with van der Waals surface area (Å²) in [5.74, 6) is 0.545. The van der Waals surface area contributed by atoms with E-state index < -0.39 is 0 Å². The van der Waals surface area contributed by atoms with Crippen LogP contribution in [0.5, 0.6) is 0 Å². The fourth-order valence-electron chi connectivity index (χ4n) is 2.61. The average Bonchev–Trinajstić information content (AvgIpc) is 3.19. The van der Waals surface area contributed by atoms with Gasteiger partial charge >= 0.3 is 0 Å². The largest absolute Gasteiger partial charge is 0.381 e. The Morgan fingerprint density at radius 2 is 2.26 bits per heavy atom. The molecule has 1 atom stereocenters. The summed E-state index contributed by atoms with van der Waals surface area (Å²) in [6, 6.07) is 0.776. The number of ether oxygens (including phenoxy) is 1. The van der Waals surface area contributed by atoms with Gasteiger partial charge in [-0.1, -0.05) is 13.3 Å². The van der Waals surface area contributed by atoms with Gasteiger partial charge in [0, 0.05) is 30.0 Å². The van der Waals surface area contributed by atoms with Crippen LogP contribution < -0.4 is 5.32 Å². The maximum absolute atomic E-state index is 5.60. The molecule has 1 aromatic heterocycles. The number of nitrogens with zero attached hydrogens (tertiary/aromatic N) is 1. The van der Waals surface area contributed by atoms with E-state index in [-0.39, 0.29) is 0 Å². The molecule has 1 saturated carbocycles. The van der Waals surface area contributed by atoms with E-state index in [4.69, 9.17) is 9.72 Å². The number of hydrogen-bond donors (Lipinski definition) is 1. The quantitative estimate of drug-likeness (QED) is 0.868. The monoisotopic (exact) mass is 280 g/mol. The van der Waals surface area contributed by atoms with Crippen molar-refractivity contribution in [3.63, 3.8) is 0 Å². The molecule has 2 fully saturated rings. The van der Waals surface area contributed by atoms with Gasteiger partial charge in [-0.15, -0.1) is 11.3 Å². The summed E-state index contributed by atoms with van der Waals surface area (Å²) < 4.78 is 5.60. The fourth-order valence-corrected chi connectivity index (χ4v) is 3.79. The zero-order valence-corrected chi connectivity index (χ0v) is 12.6. The topological polar surface area (TPSA) is 34.1 Å². The molecule has 0 radical (unpaired) electrons. The van der Waals surface area contributed by atoms with Crippen molar-refractivity contribution in [1.82, 2.24) is 10.3 Å². The van der Waals surface area contributed by atoms with Gasteiger partial charge in [0.2, 0.25) is 0 Å². The molecule has 3 rings (SSSR count). The van der Waals surface area contributed by atoms with Gasteiger partial charge in [-0.05, 0) is 32.1 Å². The van der Waals surface area contributed by atoms with Gasteiger partial charge in [-0.25, -0.2) is 4.98 Å². The molecule has 2 aliphatic rings. The van der Waals surface area contributed by atoms with Crippen molar-refractivity contribution >= 4 is 11.3 Å². The highest BCUT2D eigenvalue weighted by molar-refractivity contribution is 7.11. The van der Waals surface area contributed by atoms with Crippen LogP contribution in [0.3, 0.4) is 0 Å². The third-order valence-corrected chi connectivity index (χ3v) is 5.18. The Hall–Kier alpha value is -0.450. The molecule has 3 nitrogen and oxygen atoms in total. The van der Waals surface area contributed by atoms with Gasteiger partial charge in [0.15, 0.2) is 0 Å². The van der Waals surface area contributed by atoms with E-state index in [0.29, 0.717) is 5.92 Å². The molecule has 0 bridgehead atoms. The molecule has 0 amide bonds. The first kappa shape index (κ1) is 13.5. The van der Waals surface area contributed by atoms with Crippen LogP contribution in [0, 0.1) is 0 Å². The Labute approximate surface area is 119 Å². The molecule has 1 unspecified atom stereocenters. The van der Waals surface area contributed by atoms with Crippen LogP contribution in [0.4, 0.5) is 0 Å². The maximum Gasteiger partial charge on any atom is 0.0985 e. The first-order valence-corrected chi connectivity index (χ1v) is 8.48. The summed E-state index contributed by atoms with van der Waals surface area (Å²) in [4.78, 5) is 6.39. The van der Waals surface area contributed by atoms with Crippen molar-refractivity contribution in [3.8, 4) is 0 Å². The highest BCUT2D eigenvalue weighted by Gasteiger charge is 2.24. The van der Waals surface area contributed by atoms with Crippen molar-refractivity contribution in [2.45, 2.75) is 64.0 Å². The zero-order chi connectivity index (χ0) is 13.1. The first-order chi connectivity index (χ1) is 9.36. The molecule has 1 aliphatic carbocycles. The lowest BCUT2D eigenvalue weighted by Crippen LogP contribution is -2.15. The molecule has 1 N–H and O–H groups in total. The van der Waals surface area contributed by atoms with E-state index in [1.807, 2.05) is 11.3 Å². The Balaban J connectivity index is 1.70. The predicted octanol–water partition coefficient (Wildman–Crippen LogP) is 3.24. The minimum atomic E-state index is 0.545. The molecular weight excluding hydrogens is 256 g/mol. The Morgan fingerprint density at radius 1 is 1.37 bits per heavy atom. The third-order valence-electron chi connectivity index (χ3n) is 3.92. The Bertz CT molecular complexity index is 408. The maximum atomic E-state index is 5.60. The van der Waals surface area contributed by atoms with Gasteiger partial charge in [0.25, 0.3) is 0 Å². The van der Waals surface area contributed by atoms with Crippen LogP contribution in [-0.4, -0.2) is 24.2 Å². The predicted molar refractivity (Wildman–Crippen MR) is 78.8 cm³/mol. The third kappa shape index (κ3) is 3.56. The summed E-state index contributed by atoms with van der Waals surface area (Å²) in [6.07, 6.45) is 7.43. The lowest BCUT2D eigenvalue weighted by molar-refractivity contribution is 0.0803. The molecule has 4 heteroatoms. The Morgan fingerprint density at radius 3 is 2.95 bits per heavy atom. The number of thiazole rings is 1. The van der Waals surface area contributed by atoms with Gasteiger partial charge in [0.05, 0.1) is 17.3 Å². The second-order valence-corrected chi connectivity index (χ2v) is 6.86. The van der Waals surface area contributed by atoms with E-state index in [1.165, 1.54) is 47.7 Å². The van der Waals surface area contributed by atoms with E-state index in [0.717, 1.165) is 32.2 Å². The van der Waals surface area contributed by atoms with E-state index >= 15 is 0 Å². The number of hydrogen-bond acceptors (Lipinski definition) is 4. The second-order valence-electron chi connectivity index (χ2n) is 5.74. The molecule has 19 heavy (non-hydrogen) atoms. The number of nitrogens with one attached hydrogen (secondary N) is 1. The highest BCUT2D eigenvalue weighted by Crippen LogP contribution is 2.32. The molecule has 1 aromatic rings. The Kier molecular flexibility index (Phi) is 4.51. The normalized spacial score (nSPS) is 23.7. The van der Waals surface area contributed by atoms with Crippen molar-refractivity contribution in [3.05, 3.63) is 15.6 Å². The zero-order valence-electron chi connectivity index (χ0n) is 11.8. The molecule has 2 heterocycles. The summed E-state index contributed by atoms with van der Waals surface area (Å²) in [5, 5.41) is 4.94. The fraction of sp³-hybridized carbons (Fsp3) is 0.800. The molecule has 0 aromatic carbocycles. The first-order valence-electron chi connectivity index (χ1n) is 7.66. The van der Waals surface area contributed by atoms with E-state index in [1.54, 1.807) is 0 Å². The number of aromatic nitrogens is 1. The van der Waals surface area contributed by atoms with Gasteiger partial charge < -0.3 is 10.1 Å². The van der Waals surface area contributed by atoms with E-state index in [9.17, 15) is 0 Å². The second kappa shape index (κ2) is 6.33. The van der Waals surface area contributed by atoms with Crippen LogP contribution in [0.15, 0.2) is 0 Å². The highest BCUT2D eigenvalue weighted by atomic mass is 32.1. The van der Waals surface area contributed by atoms with Crippen molar-refractivity contribution in [2.24, 2.45) is 0 Å². The van der Waals surface area contributed by atoms with Crippen molar-refractivity contribution in [2.75, 3.05) is 13.2 Å². The molecule has 106 valence electrons. The van der Waals surface area contributed by atoms with Crippen molar-refractivity contribution < 1.29 is 4.74 Å². The minimum Gasteiger partial charge on any atom is -0.381 e. The van der Waals surface area contributed by atoms with Crippen LogP contribution >= 0.6 is 11.3 Å². The number of aryl methyl sites for hydroxylation is 1. The van der Waals surface area contributed by atoms with Gasteiger partial charge in [-0.2, -0.15) is 0 Å². The van der Waals surface area contributed by atoms with Crippen LogP contribution in [0.2, 0.25) is 0 Å². The average molecular weight is 280 g/mol. The molecule has 1 aliphatic heterocycles. The van der Waals surface area contributed by atoms with Crippen LogP contribution in [0.1, 0.15) is 60.5 Å². The smallest absolute Gasteiger partial charge is 0.0985 e. The summed E-state index contributed by atoms with van der Waals surface area (Å²) >= 11 is 1.92. The summed E-state index contributed by atoms with van der Waals surface area (Å²) in [7, 11) is 0. The number of rotatable bonds is 6. The van der Waals surface area contributed by atoms with E-state index in [2.05, 4.69) is 12.2 Å². The van der Waals surface area contributed by atoms with Gasteiger partial charge in [0.1, 0.15) is 0 Å². The standard InChI is InChI=1S/C15H24N2OS/c1-2-4-13-14(9-16-12-6-7-12)19-15(17-13)11-5-3-8-18-10-11/h11-12,16H,2-10H2,1H3. The summed E-state index contributed by atoms with van der Waals surface area (Å²) in [6.45, 7) is 5.06. The van der Waals surface area contributed by atoms with Crippen molar-refractivity contribution in [1.29, 1.82) is 0 Å².